The van der Waals surface area contributed by atoms with Crippen molar-refractivity contribution in [2.24, 2.45) is 0 Å². The third kappa shape index (κ3) is 2.92. The van der Waals surface area contributed by atoms with E-state index < -0.39 is 6.09 Å². The smallest absolute Gasteiger partial charge is 0.407 e. The number of amides is 1. The number of hydrogen-bond donors (Lipinski definition) is 1. The quantitative estimate of drug-likeness (QED) is 0.757. The Morgan fingerprint density at radius 3 is 2.50 bits per heavy atom. The molecule has 1 aromatic heterocycles. The fraction of sp³-hybridized carbons (Fsp3) is 0.190. The van der Waals surface area contributed by atoms with Gasteiger partial charge in [-0.1, -0.05) is 54.6 Å². The van der Waals surface area contributed by atoms with Crippen LogP contribution in [-0.2, 0) is 13.0 Å². The molecule has 26 heavy (non-hydrogen) atoms. The average Bonchev–Trinajstić information content (AvgIpc) is 2.68. The van der Waals surface area contributed by atoms with Crippen molar-refractivity contribution in [1.82, 2.24) is 14.9 Å². The molecule has 4 rings (SSSR count). The Hall–Kier alpha value is -3.21. The minimum Gasteiger partial charge on any atom is -0.465 e. The SMILES string of the molecule is Cc1ccccc1-c1nc(-c2ccccc2)nc2c1CN(C(=O)O)CC2. The van der Waals surface area contributed by atoms with Crippen LogP contribution in [0.4, 0.5) is 4.79 Å². The summed E-state index contributed by atoms with van der Waals surface area (Å²) in [5, 5.41) is 9.40. The van der Waals surface area contributed by atoms with Crippen LogP contribution in [0.3, 0.4) is 0 Å². The first-order valence-electron chi connectivity index (χ1n) is 8.62. The molecule has 0 aliphatic carbocycles. The van der Waals surface area contributed by atoms with Crippen LogP contribution in [0.5, 0.6) is 0 Å². The zero-order valence-corrected chi connectivity index (χ0v) is 14.5. The van der Waals surface area contributed by atoms with Gasteiger partial charge in [-0.05, 0) is 12.5 Å². The Morgan fingerprint density at radius 1 is 1.04 bits per heavy atom. The fourth-order valence-electron chi connectivity index (χ4n) is 3.36. The van der Waals surface area contributed by atoms with Crippen molar-refractivity contribution in [1.29, 1.82) is 0 Å². The molecule has 5 heteroatoms. The summed E-state index contributed by atoms with van der Waals surface area (Å²) in [5.74, 6) is 0.686. The first-order chi connectivity index (χ1) is 12.6. The van der Waals surface area contributed by atoms with E-state index in [1.54, 1.807) is 0 Å². The molecule has 0 radical (unpaired) electrons. The molecule has 1 aliphatic heterocycles. The van der Waals surface area contributed by atoms with Gasteiger partial charge in [0.1, 0.15) is 0 Å². The summed E-state index contributed by atoms with van der Waals surface area (Å²) in [6, 6.07) is 18.0. The van der Waals surface area contributed by atoms with Crippen LogP contribution < -0.4 is 0 Å². The molecule has 2 aromatic carbocycles. The number of carboxylic acid groups (broad SMARTS) is 1. The molecule has 0 saturated carbocycles. The minimum absolute atomic E-state index is 0.323. The highest BCUT2D eigenvalue weighted by molar-refractivity contribution is 5.72. The molecule has 1 N–H and O–H groups in total. The first-order valence-corrected chi connectivity index (χ1v) is 8.62. The number of carbonyl (C=O) groups is 1. The molecule has 0 unspecified atom stereocenters. The van der Waals surface area contributed by atoms with Crippen LogP contribution in [0.1, 0.15) is 16.8 Å². The maximum absolute atomic E-state index is 11.5. The summed E-state index contributed by atoms with van der Waals surface area (Å²) < 4.78 is 0. The first kappa shape index (κ1) is 16.3. The van der Waals surface area contributed by atoms with E-state index in [2.05, 4.69) is 0 Å². The molecule has 130 valence electrons. The van der Waals surface area contributed by atoms with E-state index in [0.29, 0.717) is 25.3 Å². The van der Waals surface area contributed by atoms with E-state index in [1.165, 1.54) is 4.90 Å². The van der Waals surface area contributed by atoms with Gasteiger partial charge in [0.2, 0.25) is 0 Å². The summed E-state index contributed by atoms with van der Waals surface area (Å²) >= 11 is 0. The number of aryl methyl sites for hydroxylation is 1. The lowest BCUT2D eigenvalue weighted by Gasteiger charge is -2.28. The largest absolute Gasteiger partial charge is 0.465 e. The van der Waals surface area contributed by atoms with Gasteiger partial charge in [0.05, 0.1) is 17.9 Å². The molecule has 0 atom stereocenters. The van der Waals surface area contributed by atoms with E-state index >= 15 is 0 Å². The highest BCUT2D eigenvalue weighted by Gasteiger charge is 2.26. The van der Waals surface area contributed by atoms with Gasteiger partial charge in [-0.3, -0.25) is 0 Å². The highest BCUT2D eigenvalue weighted by atomic mass is 16.4. The number of fused-ring (bicyclic) bond motifs is 1. The number of nitrogens with zero attached hydrogens (tertiary/aromatic N) is 3. The number of aromatic nitrogens is 2. The second-order valence-electron chi connectivity index (χ2n) is 6.46. The van der Waals surface area contributed by atoms with Crippen molar-refractivity contribution < 1.29 is 9.90 Å². The lowest BCUT2D eigenvalue weighted by Crippen LogP contribution is -2.35. The topological polar surface area (TPSA) is 66.3 Å². The van der Waals surface area contributed by atoms with Gasteiger partial charge in [0.25, 0.3) is 0 Å². The number of rotatable bonds is 2. The monoisotopic (exact) mass is 345 g/mol. The molecule has 0 spiro atoms. The van der Waals surface area contributed by atoms with Crippen LogP contribution in [0, 0.1) is 6.92 Å². The Bertz CT molecular complexity index is 970. The third-order valence-corrected chi connectivity index (χ3v) is 4.76. The maximum atomic E-state index is 11.5. The number of hydrogen-bond acceptors (Lipinski definition) is 3. The maximum Gasteiger partial charge on any atom is 0.407 e. The van der Waals surface area contributed by atoms with Crippen molar-refractivity contribution in [3.8, 4) is 22.6 Å². The van der Waals surface area contributed by atoms with Crippen molar-refractivity contribution in [3.05, 3.63) is 71.4 Å². The molecular formula is C21H19N3O2. The standard InChI is InChI=1S/C21H19N3O2/c1-14-7-5-6-10-16(14)19-17-13-24(21(25)26)12-11-18(17)22-20(23-19)15-8-3-2-4-9-15/h2-10H,11-13H2,1H3,(H,25,26). The van der Waals surface area contributed by atoms with Crippen molar-refractivity contribution in [2.75, 3.05) is 6.54 Å². The summed E-state index contributed by atoms with van der Waals surface area (Å²) in [4.78, 5) is 22.5. The molecule has 1 aliphatic rings. The van der Waals surface area contributed by atoms with Crippen molar-refractivity contribution in [3.63, 3.8) is 0 Å². The molecule has 0 bridgehead atoms. The second kappa shape index (κ2) is 6.59. The van der Waals surface area contributed by atoms with Gasteiger partial charge in [-0.2, -0.15) is 0 Å². The Labute approximate surface area is 152 Å². The van der Waals surface area contributed by atoms with Gasteiger partial charge in [-0.25, -0.2) is 14.8 Å². The van der Waals surface area contributed by atoms with Gasteiger partial charge in [0, 0.05) is 29.7 Å². The van der Waals surface area contributed by atoms with Gasteiger partial charge in [-0.15, -0.1) is 0 Å². The lowest BCUT2D eigenvalue weighted by molar-refractivity contribution is 0.139. The van der Waals surface area contributed by atoms with E-state index in [1.807, 2.05) is 61.5 Å². The average molecular weight is 345 g/mol. The predicted molar refractivity (Wildman–Crippen MR) is 99.8 cm³/mol. The van der Waals surface area contributed by atoms with E-state index in [9.17, 15) is 9.90 Å². The van der Waals surface area contributed by atoms with Gasteiger partial charge >= 0.3 is 6.09 Å². The second-order valence-corrected chi connectivity index (χ2v) is 6.46. The van der Waals surface area contributed by atoms with Gasteiger partial charge in [0.15, 0.2) is 5.82 Å². The normalized spacial score (nSPS) is 13.3. The Morgan fingerprint density at radius 2 is 1.77 bits per heavy atom. The molecule has 1 amide bonds. The van der Waals surface area contributed by atoms with Crippen LogP contribution >= 0.6 is 0 Å². The molecule has 0 saturated heterocycles. The van der Waals surface area contributed by atoms with E-state index in [0.717, 1.165) is 33.6 Å². The molecule has 5 nitrogen and oxygen atoms in total. The summed E-state index contributed by atoms with van der Waals surface area (Å²) in [5.41, 5.74) is 5.78. The van der Waals surface area contributed by atoms with Crippen molar-refractivity contribution >= 4 is 6.09 Å². The highest BCUT2D eigenvalue weighted by Crippen LogP contribution is 2.32. The lowest BCUT2D eigenvalue weighted by atomic mass is 9.96. The Balaban J connectivity index is 1.92. The summed E-state index contributed by atoms with van der Waals surface area (Å²) in [6.07, 6.45) is -0.304. The third-order valence-electron chi connectivity index (χ3n) is 4.76. The molecule has 0 fully saturated rings. The van der Waals surface area contributed by atoms with Crippen LogP contribution in [0.25, 0.3) is 22.6 Å². The molecular weight excluding hydrogens is 326 g/mol. The van der Waals surface area contributed by atoms with E-state index in [4.69, 9.17) is 9.97 Å². The van der Waals surface area contributed by atoms with Crippen LogP contribution in [0.2, 0.25) is 0 Å². The zero-order chi connectivity index (χ0) is 18.1. The Kier molecular flexibility index (Phi) is 4.13. The molecule has 2 heterocycles. The van der Waals surface area contributed by atoms with Crippen LogP contribution in [-0.4, -0.2) is 32.6 Å². The number of benzene rings is 2. The summed E-state index contributed by atoms with van der Waals surface area (Å²) in [6.45, 7) is 2.83. The van der Waals surface area contributed by atoms with E-state index in [-0.39, 0.29) is 0 Å². The molecule has 3 aromatic rings. The summed E-state index contributed by atoms with van der Waals surface area (Å²) in [7, 11) is 0. The predicted octanol–water partition coefficient (Wildman–Crippen LogP) is 4.16. The van der Waals surface area contributed by atoms with Crippen molar-refractivity contribution in [2.45, 2.75) is 19.9 Å². The fourth-order valence-corrected chi connectivity index (χ4v) is 3.36. The minimum atomic E-state index is -0.904. The van der Waals surface area contributed by atoms with Gasteiger partial charge < -0.3 is 10.0 Å². The van der Waals surface area contributed by atoms with Crippen LogP contribution in [0.15, 0.2) is 54.6 Å². The zero-order valence-electron chi connectivity index (χ0n) is 14.5.